The molecule has 2 aromatic rings. The van der Waals surface area contributed by atoms with E-state index in [9.17, 15) is 9.59 Å². The predicted molar refractivity (Wildman–Crippen MR) is 134 cm³/mol. The first-order valence-electron chi connectivity index (χ1n) is 9.58. The highest BCUT2D eigenvalue weighted by molar-refractivity contribution is 7.80. The molecule has 0 aliphatic heterocycles. The average Bonchev–Trinajstić information content (AvgIpc) is 2.73. The summed E-state index contributed by atoms with van der Waals surface area (Å²) in [6, 6.07) is 12.8. The van der Waals surface area contributed by atoms with Crippen LogP contribution in [-0.4, -0.2) is 33.6 Å². The standard InChI is InChI=1S/C21H21Cl4N3O3S/c1-2-3-11-31-18(30)13-7-9-16(10-8-13)26-20(32)28-19(21(23,24)25)27-17(29)14-5-4-6-15(22)12-14/h4-10,12,19H,2-3,11H2,1H3,(H,27,29)(H2,26,28,32). The summed E-state index contributed by atoms with van der Waals surface area (Å²) in [5.41, 5.74) is 1.29. The molecule has 1 atom stereocenters. The van der Waals surface area contributed by atoms with Crippen LogP contribution in [0, 0.1) is 0 Å². The number of benzene rings is 2. The fraction of sp³-hybridized carbons (Fsp3) is 0.286. The van der Waals surface area contributed by atoms with Crippen molar-refractivity contribution in [2.75, 3.05) is 11.9 Å². The molecule has 3 N–H and O–H groups in total. The number of unbranched alkanes of at least 4 members (excludes halogenated alkanes) is 1. The lowest BCUT2D eigenvalue weighted by atomic mass is 10.2. The van der Waals surface area contributed by atoms with E-state index in [-0.39, 0.29) is 5.11 Å². The lowest BCUT2D eigenvalue weighted by Gasteiger charge is -2.27. The quantitative estimate of drug-likeness (QED) is 0.132. The van der Waals surface area contributed by atoms with Crippen LogP contribution in [0.3, 0.4) is 0 Å². The molecular weight excluding hydrogens is 516 g/mol. The molecule has 0 saturated carbocycles. The fourth-order valence-electron chi connectivity index (χ4n) is 2.42. The van der Waals surface area contributed by atoms with E-state index >= 15 is 0 Å². The summed E-state index contributed by atoms with van der Waals surface area (Å²) in [4.78, 5) is 24.5. The molecule has 0 aromatic heterocycles. The molecule has 0 fully saturated rings. The molecule has 0 bridgehead atoms. The van der Waals surface area contributed by atoms with Crippen molar-refractivity contribution in [2.45, 2.75) is 29.7 Å². The Balaban J connectivity index is 1.98. The number of hydrogen-bond acceptors (Lipinski definition) is 4. The largest absolute Gasteiger partial charge is 0.462 e. The Kier molecular flexibility index (Phi) is 10.3. The van der Waals surface area contributed by atoms with Crippen LogP contribution in [0.5, 0.6) is 0 Å². The first-order chi connectivity index (χ1) is 15.1. The van der Waals surface area contributed by atoms with E-state index < -0.39 is 21.8 Å². The van der Waals surface area contributed by atoms with E-state index in [0.29, 0.717) is 28.4 Å². The highest BCUT2D eigenvalue weighted by Gasteiger charge is 2.35. The van der Waals surface area contributed by atoms with E-state index in [4.69, 9.17) is 63.4 Å². The zero-order valence-corrected chi connectivity index (χ0v) is 20.8. The number of alkyl halides is 3. The van der Waals surface area contributed by atoms with Gasteiger partial charge < -0.3 is 20.7 Å². The van der Waals surface area contributed by atoms with Gasteiger partial charge in [0.05, 0.1) is 12.2 Å². The Bertz CT molecular complexity index is 952. The van der Waals surface area contributed by atoms with Gasteiger partial charge in [-0.2, -0.15) is 0 Å². The normalized spacial score (nSPS) is 11.9. The molecule has 0 spiro atoms. The van der Waals surface area contributed by atoms with Crippen molar-refractivity contribution in [3.63, 3.8) is 0 Å². The second kappa shape index (κ2) is 12.5. The van der Waals surface area contributed by atoms with Gasteiger partial charge >= 0.3 is 5.97 Å². The first kappa shape index (κ1) is 26.5. The molecule has 0 saturated heterocycles. The first-order valence-corrected chi connectivity index (χ1v) is 11.5. The average molecular weight is 537 g/mol. The van der Waals surface area contributed by atoms with Crippen molar-refractivity contribution >= 4 is 81.3 Å². The number of anilines is 1. The van der Waals surface area contributed by atoms with Crippen LogP contribution < -0.4 is 16.0 Å². The zero-order valence-electron chi connectivity index (χ0n) is 17.0. The molecule has 0 radical (unpaired) electrons. The third kappa shape index (κ3) is 8.64. The van der Waals surface area contributed by atoms with Crippen LogP contribution >= 0.6 is 58.6 Å². The number of halogens is 4. The van der Waals surface area contributed by atoms with Gasteiger partial charge in [0.2, 0.25) is 3.79 Å². The van der Waals surface area contributed by atoms with E-state index in [1.165, 1.54) is 6.07 Å². The van der Waals surface area contributed by atoms with Gasteiger partial charge in [0, 0.05) is 16.3 Å². The number of carbonyl (C=O) groups excluding carboxylic acids is 2. The van der Waals surface area contributed by atoms with Crippen molar-refractivity contribution in [2.24, 2.45) is 0 Å². The number of thiocarbonyl (C=S) groups is 1. The minimum atomic E-state index is -1.91. The molecule has 1 amide bonds. The Hall–Kier alpha value is -1.77. The number of carbonyl (C=O) groups is 2. The van der Waals surface area contributed by atoms with Crippen LogP contribution in [0.1, 0.15) is 40.5 Å². The molecular formula is C21H21Cl4N3O3S. The van der Waals surface area contributed by atoms with Crippen molar-refractivity contribution in [1.29, 1.82) is 0 Å². The summed E-state index contributed by atoms with van der Waals surface area (Å²) >= 11 is 29.2. The van der Waals surface area contributed by atoms with Gasteiger partial charge in [0.25, 0.3) is 5.91 Å². The van der Waals surface area contributed by atoms with E-state index in [1.54, 1.807) is 42.5 Å². The third-order valence-electron chi connectivity index (χ3n) is 4.07. The maximum atomic E-state index is 12.5. The molecule has 0 aliphatic carbocycles. The summed E-state index contributed by atoms with van der Waals surface area (Å²) in [5, 5.41) is 8.72. The maximum absolute atomic E-state index is 12.5. The molecule has 11 heteroatoms. The second-order valence-electron chi connectivity index (χ2n) is 6.62. The SMILES string of the molecule is CCCCOC(=O)c1ccc(NC(=S)NC(NC(=O)c2cccc(Cl)c2)C(Cl)(Cl)Cl)cc1. The molecule has 2 aromatic carbocycles. The molecule has 1 unspecified atom stereocenters. The van der Waals surface area contributed by atoms with Crippen LogP contribution in [-0.2, 0) is 4.74 Å². The van der Waals surface area contributed by atoms with Crippen molar-refractivity contribution in [1.82, 2.24) is 10.6 Å². The number of amides is 1. The van der Waals surface area contributed by atoms with E-state index in [1.807, 2.05) is 6.92 Å². The number of ether oxygens (including phenoxy) is 1. The highest BCUT2D eigenvalue weighted by atomic mass is 35.6. The molecule has 2 rings (SSSR count). The van der Waals surface area contributed by atoms with Crippen LogP contribution in [0.15, 0.2) is 48.5 Å². The van der Waals surface area contributed by atoms with Crippen LogP contribution in [0.2, 0.25) is 5.02 Å². The monoisotopic (exact) mass is 535 g/mol. The van der Waals surface area contributed by atoms with Crippen LogP contribution in [0.4, 0.5) is 5.69 Å². The maximum Gasteiger partial charge on any atom is 0.338 e. The molecule has 0 aliphatic rings. The summed E-state index contributed by atoms with van der Waals surface area (Å²) < 4.78 is 3.26. The summed E-state index contributed by atoms with van der Waals surface area (Å²) in [7, 11) is 0. The third-order valence-corrected chi connectivity index (χ3v) is 5.18. The Labute approximate surface area is 211 Å². The number of nitrogens with one attached hydrogen (secondary N) is 3. The summed E-state index contributed by atoms with van der Waals surface area (Å²) in [6.45, 7) is 2.39. The van der Waals surface area contributed by atoms with Gasteiger partial charge in [-0.1, -0.05) is 65.8 Å². The van der Waals surface area contributed by atoms with Gasteiger partial charge in [-0.05, 0) is 61.1 Å². The van der Waals surface area contributed by atoms with E-state index in [2.05, 4.69) is 16.0 Å². The predicted octanol–water partition coefficient (Wildman–Crippen LogP) is 5.71. The number of hydrogen-bond donors (Lipinski definition) is 3. The van der Waals surface area contributed by atoms with Gasteiger partial charge in [-0.3, -0.25) is 4.79 Å². The van der Waals surface area contributed by atoms with Gasteiger partial charge in [0.15, 0.2) is 5.11 Å². The topological polar surface area (TPSA) is 79.5 Å². The highest BCUT2D eigenvalue weighted by Crippen LogP contribution is 2.29. The minimum Gasteiger partial charge on any atom is -0.462 e. The smallest absolute Gasteiger partial charge is 0.338 e. The van der Waals surface area contributed by atoms with Crippen molar-refractivity contribution in [3.05, 3.63) is 64.7 Å². The number of rotatable bonds is 8. The molecule has 0 heterocycles. The second-order valence-corrected chi connectivity index (χ2v) is 9.84. The van der Waals surface area contributed by atoms with Gasteiger partial charge in [0.1, 0.15) is 6.17 Å². The molecule has 6 nitrogen and oxygen atoms in total. The molecule has 172 valence electrons. The Morgan fingerprint density at radius 2 is 1.75 bits per heavy atom. The van der Waals surface area contributed by atoms with Gasteiger partial charge in [-0.25, -0.2) is 4.79 Å². The lowest BCUT2D eigenvalue weighted by molar-refractivity contribution is 0.0499. The number of esters is 1. The Morgan fingerprint density at radius 3 is 2.34 bits per heavy atom. The Morgan fingerprint density at radius 1 is 1.06 bits per heavy atom. The van der Waals surface area contributed by atoms with Gasteiger partial charge in [-0.15, -0.1) is 0 Å². The fourth-order valence-corrected chi connectivity index (χ4v) is 3.18. The minimum absolute atomic E-state index is 0.0889. The van der Waals surface area contributed by atoms with Crippen LogP contribution in [0.25, 0.3) is 0 Å². The lowest BCUT2D eigenvalue weighted by Crippen LogP contribution is -2.56. The van der Waals surface area contributed by atoms with Crippen molar-refractivity contribution in [3.8, 4) is 0 Å². The van der Waals surface area contributed by atoms with Crippen molar-refractivity contribution < 1.29 is 14.3 Å². The summed E-state index contributed by atoms with van der Waals surface area (Å²) in [5.74, 6) is -0.907. The zero-order chi connectivity index (χ0) is 23.7. The van der Waals surface area contributed by atoms with E-state index in [0.717, 1.165) is 12.8 Å². The summed E-state index contributed by atoms with van der Waals surface area (Å²) in [6.07, 6.45) is 0.602. The molecule has 32 heavy (non-hydrogen) atoms.